The fraction of sp³-hybridized carbons (Fsp3) is 0.708. The van der Waals surface area contributed by atoms with Crippen LogP contribution in [0, 0.1) is 11.8 Å². The first-order valence-electron chi connectivity index (χ1n) is 13.3. The van der Waals surface area contributed by atoms with Crippen molar-refractivity contribution in [3.05, 3.63) is 16.9 Å². The number of carbonyl (C=O) groups excluding carboxylic acids is 3. The van der Waals surface area contributed by atoms with Crippen molar-refractivity contribution < 1.29 is 28.8 Å². The predicted molar refractivity (Wildman–Crippen MR) is 140 cm³/mol. The van der Waals surface area contributed by atoms with Gasteiger partial charge in [-0.3, -0.25) is 14.4 Å². The second-order valence-electron chi connectivity index (χ2n) is 11.5. The van der Waals surface area contributed by atoms with Crippen LogP contribution in [0.3, 0.4) is 0 Å². The van der Waals surface area contributed by atoms with Gasteiger partial charge in [0.05, 0.1) is 58.3 Å². The van der Waals surface area contributed by atoms with Crippen molar-refractivity contribution in [2.75, 3.05) is 46.8 Å². The maximum absolute atomic E-state index is 13.2. The summed E-state index contributed by atoms with van der Waals surface area (Å²) in [6, 6.07) is -1.13. The van der Waals surface area contributed by atoms with Gasteiger partial charge in [-0.2, -0.15) is 0 Å². The quantitative estimate of drug-likeness (QED) is 0.247. The van der Waals surface area contributed by atoms with Gasteiger partial charge in [0.25, 0.3) is 0 Å². The van der Waals surface area contributed by atoms with E-state index in [-0.39, 0.29) is 53.2 Å². The Kier molecular flexibility index (Phi) is 7.41. The molecule has 4 aliphatic heterocycles. The van der Waals surface area contributed by atoms with E-state index in [0.717, 1.165) is 30.7 Å². The number of thioether (sulfide) groups is 1. The molecule has 0 spiro atoms. The molecule has 0 radical (unpaired) electrons. The molecule has 3 N–H and O–H groups in total. The number of carboxylic acids is 1. The summed E-state index contributed by atoms with van der Waals surface area (Å²) in [5.74, 6) is -2.42. The molecule has 3 amide bonds. The predicted octanol–water partition coefficient (Wildman–Crippen LogP) is -1.67. The maximum Gasteiger partial charge on any atom is 0.353 e. The molecule has 0 aromatic carbocycles. The third-order valence-corrected chi connectivity index (χ3v) is 9.87. The zero-order valence-corrected chi connectivity index (χ0v) is 23.4. The molecule has 1 aromatic rings. The van der Waals surface area contributed by atoms with Gasteiger partial charge in [0.15, 0.2) is 0 Å². The van der Waals surface area contributed by atoms with Gasteiger partial charge in [0.1, 0.15) is 18.6 Å². The Morgan fingerprint density at radius 2 is 2.00 bits per heavy atom. The lowest BCUT2D eigenvalue weighted by Crippen LogP contribution is -2.66. The van der Waals surface area contributed by atoms with E-state index in [1.165, 1.54) is 27.7 Å². The Balaban J connectivity index is 1.21. The monoisotopic (exact) mass is 562 g/mol. The number of fused-ring (bicyclic) bond motifs is 1. The number of rotatable bonds is 8. The summed E-state index contributed by atoms with van der Waals surface area (Å²) >= 11 is 1.46. The highest BCUT2D eigenvalue weighted by molar-refractivity contribution is 8.03. The highest BCUT2D eigenvalue weighted by Crippen LogP contribution is 2.51. The molecule has 0 bridgehead atoms. The fourth-order valence-corrected chi connectivity index (χ4v) is 7.57. The molecule has 1 aromatic heterocycles. The summed E-state index contributed by atoms with van der Waals surface area (Å²) in [7, 11) is 4.34. The van der Waals surface area contributed by atoms with E-state index in [1.54, 1.807) is 6.92 Å². The topological polar surface area (TPSA) is 163 Å². The van der Waals surface area contributed by atoms with E-state index in [0.29, 0.717) is 17.9 Å². The van der Waals surface area contributed by atoms with Crippen LogP contribution in [0.25, 0.3) is 0 Å². The molecule has 5 heterocycles. The van der Waals surface area contributed by atoms with Crippen molar-refractivity contribution in [2.24, 2.45) is 11.8 Å². The summed E-state index contributed by atoms with van der Waals surface area (Å²) in [6.45, 7) is 7.51. The van der Waals surface area contributed by atoms with Gasteiger partial charge >= 0.3 is 5.97 Å². The van der Waals surface area contributed by atoms with Crippen molar-refractivity contribution in [2.45, 2.75) is 50.2 Å². The summed E-state index contributed by atoms with van der Waals surface area (Å²) < 4.78 is 2.19. The largest absolute Gasteiger partial charge is 0.477 e. The minimum Gasteiger partial charge on any atom is -0.477 e. The number of amides is 3. The lowest BCUT2D eigenvalue weighted by Gasteiger charge is -2.47. The van der Waals surface area contributed by atoms with Gasteiger partial charge in [0, 0.05) is 28.7 Å². The number of carboxylic acid groups (broad SMARTS) is 1. The number of hydrogen-bond acceptors (Lipinski definition) is 9. The van der Waals surface area contributed by atoms with Crippen molar-refractivity contribution in [3.8, 4) is 0 Å². The molecule has 15 heteroatoms. The number of nitrogens with one attached hydrogen (secondary N) is 2. The summed E-state index contributed by atoms with van der Waals surface area (Å²) in [5, 5.41) is 26.9. The summed E-state index contributed by atoms with van der Waals surface area (Å²) in [4.78, 5) is 55.0. The Morgan fingerprint density at radius 3 is 2.64 bits per heavy atom. The molecule has 14 nitrogen and oxygen atoms in total. The van der Waals surface area contributed by atoms with Crippen LogP contribution in [-0.2, 0) is 25.7 Å². The number of piperazine rings is 1. The molecule has 212 valence electrons. The SMILES string of the molecule is C[C@@H](NC(=O)Cn1cnnn1)[C@H]1C(=O)N2C(C(=O)O)=C(S[C@@H]3CN[C@H](C(=O)N4CC[N+](C)(C)CC4)C3)[C@H](C)[C@H]12. The number of tetrazole rings is 1. The molecule has 3 fully saturated rings. The molecular formula is C24H36N9O5S+. The standard InChI is InChI=1S/C24H35N9O5S/c1-13-19-18(14(2)27-17(34)11-31-12-26-28-29-31)23(36)32(19)20(24(37)38)21(13)39-15-9-16(25-10-15)22(35)30-5-7-33(3,4)8-6-30/h12-16,18-19,25H,5-11H2,1-4H3,(H-,27,34,37,38)/p+1/t13-,14-,15+,16+,18-,19-/m1/s1. The van der Waals surface area contributed by atoms with E-state index >= 15 is 0 Å². The molecule has 0 unspecified atom stereocenters. The van der Waals surface area contributed by atoms with Crippen LogP contribution >= 0.6 is 11.8 Å². The first kappa shape index (κ1) is 27.5. The lowest BCUT2D eigenvalue weighted by atomic mass is 9.78. The molecule has 3 saturated heterocycles. The highest BCUT2D eigenvalue weighted by atomic mass is 32.2. The van der Waals surface area contributed by atoms with Gasteiger partial charge in [-0.15, -0.1) is 16.9 Å². The number of hydrogen-bond donors (Lipinski definition) is 3. The van der Waals surface area contributed by atoms with Crippen LogP contribution in [0.1, 0.15) is 20.3 Å². The fourth-order valence-electron chi connectivity index (χ4n) is 6.09. The number of aromatic nitrogens is 4. The highest BCUT2D eigenvalue weighted by Gasteiger charge is 2.60. The minimum absolute atomic E-state index is 0.0171. The van der Waals surface area contributed by atoms with Gasteiger partial charge in [0.2, 0.25) is 17.7 Å². The van der Waals surface area contributed by atoms with E-state index in [4.69, 9.17) is 0 Å². The second-order valence-corrected chi connectivity index (χ2v) is 12.9. The zero-order valence-electron chi connectivity index (χ0n) is 22.6. The number of quaternary nitrogens is 1. The third kappa shape index (κ3) is 5.26. The van der Waals surface area contributed by atoms with Gasteiger partial charge in [-0.25, -0.2) is 9.48 Å². The number of carbonyl (C=O) groups is 4. The molecule has 6 atom stereocenters. The molecular weight excluding hydrogens is 526 g/mol. The Bertz CT molecular complexity index is 1180. The van der Waals surface area contributed by atoms with E-state index < -0.39 is 17.9 Å². The third-order valence-electron chi connectivity index (χ3n) is 8.36. The van der Waals surface area contributed by atoms with Crippen LogP contribution in [-0.4, -0.2) is 133 Å². The second kappa shape index (κ2) is 10.5. The molecule has 39 heavy (non-hydrogen) atoms. The van der Waals surface area contributed by atoms with Crippen molar-refractivity contribution in [1.82, 2.24) is 40.6 Å². The normalized spacial score (nSPS) is 30.7. The number of β-lactam (4-membered cyclic amide) rings is 1. The molecule has 0 aliphatic carbocycles. The Hall–Kier alpha value is -3.04. The summed E-state index contributed by atoms with van der Waals surface area (Å²) in [5.41, 5.74) is 0.0248. The number of likely N-dealkylation sites (N-methyl/N-ethyl adjacent to an activating group) is 1. The Labute approximate surface area is 230 Å². The van der Waals surface area contributed by atoms with Crippen LogP contribution in [0.5, 0.6) is 0 Å². The first-order chi connectivity index (χ1) is 18.5. The Morgan fingerprint density at radius 1 is 1.28 bits per heavy atom. The van der Waals surface area contributed by atoms with Gasteiger partial charge in [-0.05, 0) is 23.8 Å². The number of nitrogens with zero attached hydrogens (tertiary/aromatic N) is 7. The van der Waals surface area contributed by atoms with E-state index in [2.05, 4.69) is 40.3 Å². The van der Waals surface area contributed by atoms with Crippen LogP contribution < -0.4 is 10.6 Å². The van der Waals surface area contributed by atoms with Crippen LogP contribution in [0.4, 0.5) is 0 Å². The van der Waals surface area contributed by atoms with E-state index in [9.17, 15) is 24.3 Å². The summed E-state index contributed by atoms with van der Waals surface area (Å²) in [6.07, 6.45) is 1.93. The molecule has 5 rings (SSSR count). The molecule has 4 aliphatic rings. The minimum atomic E-state index is -1.14. The number of aliphatic carboxylic acids is 1. The van der Waals surface area contributed by atoms with Crippen molar-refractivity contribution in [3.63, 3.8) is 0 Å². The van der Waals surface area contributed by atoms with E-state index in [1.807, 2.05) is 11.8 Å². The smallest absolute Gasteiger partial charge is 0.353 e. The average Bonchev–Trinajstić information content (AvgIpc) is 3.59. The van der Waals surface area contributed by atoms with Crippen molar-refractivity contribution >= 4 is 35.5 Å². The lowest BCUT2D eigenvalue weighted by molar-refractivity contribution is -0.894. The molecule has 0 saturated carbocycles. The van der Waals surface area contributed by atoms with Crippen LogP contribution in [0.15, 0.2) is 16.9 Å². The van der Waals surface area contributed by atoms with Crippen LogP contribution in [0.2, 0.25) is 0 Å². The zero-order chi connectivity index (χ0) is 28.1. The average molecular weight is 563 g/mol. The maximum atomic E-state index is 13.2. The first-order valence-corrected chi connectivity index (χ1v) is 14.2. The van der Waals surface area contributed by atoms with Gasteiger partial charge in [-0.1, -0.05) is 6.92 Å². The van der Waals surface area contributed by atoms with Gasteiger partial charge < -0.3 is 30.0 Å². The van der Waals surface area contributed by atoms with Crippen molar-refractivity contribution in [1.29, 1.82) is 0 Å².